The van der Waals surface area contributed by atoms with Crippen molar-refractivity contribution in [3.8, 4) is 39.3 Å². The Labute approximate surface area is 332 Å². The molecule has 0 atom stereocenters. The SMILES string of the molecule is CC1(C)c2cc(-c3cc(-c4ccccc4)cc(-c4ccccc4)n3)ccc2-n2c3ccc4ccccc4c3c3cc(N(c4ccccc4)c4ccccc4)cc1c32. The van der Waals surface area contributed by atoms with Gasteiger partial charge in [0.25, 0.3) is 0 Å². The second kappa shape index (κ2) is 12.9. The molecule has 1 aliphatic rings. The molecular weight excluding hydrogens is 691 g/mol. The van der Waals surface area contributed by atoms with Crippen LogP contribution >= 0.6 is 0 Å². The van der Waals surface area contributed by atoms with Crippen LogP contribution in [-0.2, 0) is 5.41 Å². The zero-order chi connectivity index (χ0) is 38.1. The molecule has 0 N–H and O–H groups in total. The lowest BCUT2D eigenvalue weighted by Gasteiger charge is -2.36. The zero-order valence-electron chi connectivity index (χ0n) is 31.9. The lowest BCUT2D eigenvalue weighted by molar-refractivity contribution is 0.630. The van der Waals surface area contributed by atoms with Crippen LogP contribution in [0, 0.1) is 0 Å². The summed E-state index contributed by atoms with van der Waals surface area (Å²) in [6.07, 6.45) is 0. The molecule has 0 amide bonds. The average molecular weight is 730 g/mol. The van der Waals surface area contributed by atoms with Crippen LogP contribution in [-0.4, -0.2) is 9.55 Å². The minimum Gasteiger partial charge on any atom is -0.310 e. The third-order valence-corrected chi connectivity index (χ3v) is 11.9. The molecule has 0 radical (unpaired) electrons. The first-order chi connectivity index (χ1) is 28.0. The van der Waals surface area contributed by atoms with Crippen molar-refractivity contribution in [2.24, 2.45) is 0 Å². The molecule has 0 aliphatic carbocycles. The Kier molecular flexibility index (Phi) is 7.52. The van der Waals surface area contributed by atoms with Gasteiger partial charge in [0.1, 0.15) is 0 Å². The number of para-hydroxylation sites is 2. The number of nitrogens with zero attached hydrogens (tertiary/aromatic N) is 3. The van der Waals surface area contributed by atoms with E-state index in [0.29, 0.717) is 0 Å². The van der Waals surface area contributed by atoms with Gasteiger partial charge in [0.05, 0.1) is 28.1 Å². The maximum Gasteiger partial charge on any atom is 0.0715 e. The highest BCUT2D eigenvalue weighted by molar-refractivity contribution is 6.23. The molecule has 8 aromatic carbocycles. The lowest BCUT2D eigenvalue weighted by atomic mass is 9.74. The fourth-order valence-electron chi connectivity index (χ4n) is 9.13. The summed E-state index contributed by atoms with van der Waals surface area (Å²) in [4.78, 5) is 7.74. The van der Waals surface area contributed by atoms with Crippen LogP contribution in [0.1, 0.15) is 25.0 Å². The highest BCUT2D eigenvalue weighted by Gasteiger charge is 2.37. The van der Waals surface area contributed by atoms with E-state index in [2.05, 4.69) is 224 Å². The molecule has 0 unspecified atom stereocenters. The molecule has 10 aromatic rings. The van der Waals surface area contributed by atoms with Gasteiger partial charge < -0.3 is 9.47 Å². The van der Waals surface area contributed by atoms with Gasteiger partial charge in [0.15, 0.2) is 0 Å². The van der Waals surface area contributed by atoms with Crippen LogP contribution in [0.4, 0.5) is 17.1 Å². The summed E-state index contributed by atoms with van der Waals surface area (Å²) in [6, 6.07) is 72.4. The predicted octanol–water partition coefficient (Wildman–Crippen LogP) is 14.4. The van der Waals surface area contributed by atoms with Crippen LogP contribution in [0.2, 0.25) is 0 Å². The Balaban J connectivity index is 1.19. The fraction of sp³-hybridized carbons (Fsp3) is 0.0556. The maximum atomic E-state index is 5.34. The van der Waals surface area contributed by atoms with Crippen LogP contribution in [0.15, 0.2) is 200 Å². The van der Waals surface area contributed by atoms with Gasteiger partial charge >= 0.3 is 0 Å². The Hall–Kier alpha value is -7.23. The van der Waals surface area contributed by atoms with E-state index in [9.17, 15) is 0 Å². The first-order valence-corrected chi connectivity index (χ1v) is 19.7. The van der Waals surface area contributed by atoms with Gasteiger partial charge in [-0.2, -0.15) is 0 Å². The molecule has 3 heteroatoms. The summed E-state index contributed by atoms with van der Waals surface area (Å²) in [6.45, 7) is 4.79. The van der Waals surface area contributed by atoms with Crippen molar-refractivity contribution >= 4 is 49.6 Å². The van der Waals surface area contributed by atoms with Crippen LogP contribution in [0.25, 0.3) is 71.9 Å². The smallest absolute Gasteiger partial charge is 0.0715 e. The van der Waals surface area contributed by atoms with Crippen molar-refractivity contribution in [1.29, 1.82) is 0 Å². The topological polar surface area (TPSA) is 21.1 Å². The van der Waals surface area contributed by atoms with Gasteiger partial charge in [-0.15, -0.1) is 0 Å². The minimum atomic E-state index is -0.349. The molecule has 3 nitrogen and oxygen atoms in total. The Morgan fingerprint density at radius 1 is 0.439 bits per heavy atom. The summed E-state index contributed by atoms with van der Waals surface area (Å²) in [7, 11) is 0. The number of hydrogen-bond donors (Lipinski definition) is 0. The second-order valence-electron chi connectivity index (χ2n) is 15.6. The lowest BCUT2D eigenvalue weighted by Crippen LogP contribution is -2.27. The van der Waals surface area contributed by atoms with Gasteiger partial charge in [-0.05, 0) is 99.8 Å². The number of rotatable bonds is 6. The third-order valence-electron chi connectivity index (χ3n) is 11.9. The maximum absolute atomic E-state index is 5.34. The van der Waals surface area contributed by atoms with Gasteiger partial charge in [0, 0.05) is 44.4 Å². The first-order valence-electron chi connectivity index (χ1n) is 19.7. The van der Waals surface area contributed by atoms with Gasteiger partial charge in [-0.1, -0.05) is 147 Å². The predicted molar refractivity (Wildman–Crippen MR) is 239 cm³/mol. The van der Waals surface area contributed by atoms with E-state index < -0.39 is 0 Å². The largest absolute Gasteiger partial charge is 0.310 e. The molecule has 0 saturated carbocycles. The number of aromatic nitrogens is 2. The van der Waals surface area contributed by atoms with Crippen LogP contribution < -0.4 is 4.90 Å². The zero-order valence-corrected chi connectivity index (χ0v) is 31.9. The molecule has 3 heterocycles. The molecular formula is C54H39N3. The first kappa shape index (κ1) is 33.1. The van der Waals surface area contributed by atoms with Gasteiger partial charge in [-0.25, -0.2) is 4.98 Å². The molecule has 0 spiro atoms. The van der Waals surface area contributed by atoms with E-state index in [1.807, 2.05) is 0 Å². The van der Waals surface area contributed by atoms with Crippen LogP contribution in [0.3, 0.4) is 0 Å². The van der Waals surface area contributed by atoms with Crippen molar-refractivity contribution < 1.29 is 0 Å². The number of fused-ring (bicyclic) bond motifs is 7. The summed E-state index contributed by atoms with van der Waals surface area (Å²) in [5, 5.41) is 5.05. The van der Waals surface area contributed by atoms with Crippen molar-refractivity contribution in [3.05, 3.63) is 211 Å². The Bertz CT molecular complexity index is 3030. The summed E-state index contributed by atoms with van der Waals surface area (Å²) in [5.41, 5.74) is 15.8. The van der Waals surface area contributed by atoms with Gasteiger partial charge in [0.2, 0.25) is 0 Å². The summed E-state index contributed by atoms with van der Waals surface area (Å²) in [5.74, 6) is 0. The quantitative estimate of drug-likeness (QED) is 0.170. The normalized spacial score (nSPS) is 12.9. The number of benzene rings is 8. The highest BCUT2D eigenvalue weighted by atomic mass is 15.1. The standard InChI is InChI=1S/C54H39N3/c1-54(2)46-31-39(49-33-40(36-17-7-3-8-18-36)32-48(55-49)38-20-9-4-10-21-38)28-29-50(46)57-51-30-27-37-19-15-16-26-44(37)52(51)45-34-43(35-47(54)53(45)57)56(41-22-11-5-12-23-41)42-24-13-6-14-25-42/h3-35H,1-2H3. The summed E-state index contributed by atoms with van der Waals surface area (Å²) >= 11 is 0. The Morgan fingerprint density at radius 2 is 1.04 bits per heavy atom. The fourth-order valence-corrected chi connectivity index (χ4v) is 9.13. The molecule has 0 saturated heterocycles. The van der Waals surface area contributed by atoms with E-state index in [4.69, 9.17) is 4.98 Å². The minimum absolute atomic E-state index is 0.349. The molecule has 270 valence electrons. The molecule has 11 rings (SSSR count). The highest BCUT2D eigenvalue weighted by Crippen LogP contribution is 2.52. The second-order valence-corrected chi connectivity index (χ2v) is 15.6. The van der Waals surface area contributed by atoms with E-state index in [1.54, 1.807) is 0 Å². The van der Waals surface area contributed by atoms with E-state index in [0.717, 1.165) is 45.1 Å². The van der Waals surface area contributed by atoms with Crippen molar-refractivity contribution in [2.75, 3.05) is 4.90 Å². The molecule has 2 aromatic heterocycles. The molecule has 0 bridgehead atoms. The molecule has 1 aliphatic heterocycles. The van der Waals surface area contributed by atoms with E-state index >= 15 is 0 Å². The summed E-state index contributed by atoms with van der Waals surface area (Å²) < 4.78 is 2.53. The van der Waals surface area contributed by atoms with E-state index in [-0.39, 0.29) is 5.41 Å². The Morgan fingerprint density at radius 3 is 1.72 bits per heavy atom. The van der Waals surface area contributed by atoms with Crippen molar-refractivity contribution in [3.63, 3.8) is 0 Å². The molecule has 57 heavy (non-hydrogen) atoms. The van der Waals surface area contributed by atoms with Crippen LogP contribution in [0.5, 0.6) is 0 Å². The van der Waals surface area contributed by atoms with E-state index in [1.165, 1.54) is 55.0 Å². The average Bonchev–Trinajstić information content (AvgIpc) is 3.61. The monoisotopic (exact) mass is 729 g/mol. The number of anilines is 3. The van der Waals surface area contributed by atoms with Crippen molar-refractivity contribution in [1.82, 2.24) is 9.55 Å². The number of hydrogen-bond acceptors (Lipinski definition) is 2. The number of pyridine rings is 1. The third kappa shape index (κ3) is 5.31. The van der Waals surface area contributed by atoms with Crippen molar-refractivity contribution in [2.45, 2.75) is 19.3 Å². The van der Waals surface area contributed by atoms with Gasteiger partial charge in [-0.3, -0.25) is 0 Å². The molecule has 0 fully saturated rings.